The third-order valence-electron chi connectivity index (χ3n) is 4.84. The fourth-order valence-corrected chi connectivity index (χ4v) is 3.22. The van der Waals surface area contributed by atoms with Crippen LogP contribution in [0.2, 0.25) is 0 Å². The van der Waals surface area contributed by atoms with Crippen molar-refractivity contribution in [2.24, 2.45) is 0 Å². The number of hydrogen-bond acceptors (Lipinski definition) is 3. The minimum absolute atomic E-state index is 0.218. The monoisotopic (exact) mass is 444 g/mol. The van der Waals surface area contributed by atoms with Crippen LogP contribution in [-0.4, -0.2) is 27.6 Å². The number of aromatic nitrogens is 2. The fraction of sp³-hybridized carbons (Fsp3) is 0.261. The van der Waals surface area contributed by atoms with Gasteiger partial charge in [-0.1, -0.05) is 48.0 Å². The van der Waals surface area contributed by atoms with Gasteiger partial charge in [0.25, 0.3) is 0 Å². The van der Waals surface area contributed by atoms with Gasteiger partial charge in [0.15, 0.2) is 0 Å². The first-order chi connectivity index (χ1) is 15.1. The average molecular weight is 444 g/mol. The first-order valence-electron chi connectivity index (χ1n) is 9.93. The van der Waals surface area contributed by atoms with Crippen molar-refractivity contribution in [2.45, 2.75) is 39.0 Å². The maximum Gasteiger partial charge on any atom is 0.419 e. The van der Waals surface area contributed by atoms with Crippen LogP contribution in [0.4, 0.5) is 18.9 Å². The molecule has 0 saturated carbocycles. The van der Waals surface area contributed by atoms with E-state index in [0.29, 0.717) is 11.9 Å². The van der Waals surface area contributed by atoms with Crippen molar-refractivity contribution in [3.8, 4) is 0 Å². The highest BCUT2D eigenvalue weighted by molar-refractivity contribution is 5.97. The van der Waals surface area contributed by atoms with Gasteiger partial charge in [-0.05, 0) is 31.0 Å². The highest BCUT2D eigenvalue weighted by atomic mass is 19.4. The smallest absolute Gasteiger partial charge is 0.342 e. The number of alkyl halides is 3. The summed E-state index contributed by atoms with van der Waals surface area (Å²) in [6.45, 7) is 3.36. The van der Waals surface area contributed by atoms with Gasteiger partial charge in [-0.2, -0.15) is 18.3 Å². The van der Waals surface area contributed by atoms with Crippen LogP contribution in [0.3, 0.4) is 0 Å². The summed E-state index contributed by atoms with van der Waals surface area (Å²) in [6, 6.07) is 13.8. The van der Waals surface area contributed by atoms with Gasteiger partial charge in [-0.15, -0.1) is 0 Å². The number of halogens is 3. The predicted molar refractivity (Wildman–Crippen MR) is 114 cm³/mol. The zero-order chi connectivity index (χ0) is 23.3. The predicted octanol–water partition coefficient (Wildman–Crippen LogP) is 3.88. The molecule has 0 aliphatic carbocycles. The summed E-state index contributed by atoms with van der Waals surface area (Å²) in [5.74, 6) is -1.05. The summed E-state index contributed by atoms with van der Waals surface area (Å²) in [5, 5.41) is 9.03. The second-order valence-corrected chi connectivity index (χ2v) is 7.54. The van der Waals surface area contributed by atoms with Crippen LogP contribution >= 0.6 is 0 Å². The summed E-state index contributed by atoms with van der Waals surface area (Å²) < 4.78 is 39.2. The van der Waals surface area contributed by atoms with E-state index in [9.17, 15) is 22.8 Å². The molecule has 0 radical (unpaired) electrons. The Morgan fingerprint density at radius 2 is 1.81 bits per heavy atom. The summed E-state index contributed by atoms with van der Waals surface area (Å²) >= 11 is 0. The normalized spacial score (nSPS) is 12.3. The molecule has 0 aliphatic rings. The van der Waals surface area contributed by atoms with E-state index < -0.39 is 36.1 Å². The molecule has 1 atom stereocenters. The molecule has 0 aliphatic heterocycles. The maximum atomic E-state index is 13.0. The number of hydrogen-bond donors (Lipinski definition) is 2. The SMILES string of the molecule is Cc1ccc(NC(=O)C(Cc2ccccc2)NC(=O)Cn2cc(C(F)(F)F)cn2)c(C)c1. The van der Waals surface area contributed by atoms with Crippen LogP contribution in [0.15, 0.2) is 60.9 Å². The van der Waals surface area contributed by atoms with Gasteiger partial charge in [0.1, 0.15) is 12.6 Å². The molecule has 32 heavy (non-hydrogen) atoms. The highest BCUT2D eigenvalue weighted by Gasteiger charge is 2.32. The Morgan fingerprint density at radius 1 is 1.09 bits per heavy atom. The number of benzene rings is 2. The van der Waals surface area contributed by atoms with Gasteiger partial charge < -0.3 is 10.6 Å². The van der Waals surface area contributed by atoms with E-state index in [2.05, 4.69) is 15.7 Å². The lowest BCUT2D eigenvalue weighted by molar-refractivity contribution is -0.137. The first-order valence-corrected chi connectivity index (χ1v) is 9.93. The van der Waals surface area contributed by atoms with Gasteiger partial charge in [0.05, 0.1) is 11.8 Å². The summed E-state index contributed by atoms with van der Waals surface area (Å²) in [6.07, 6.45) is -2.92. The van der Waals surface area contributed by atoms with E-state index in [1.165, 1.54) is 0 Å². The third kappa shape index (κ3) is 6.19. The van der Waals surface area contributed by atoms with Crippen molar-refractivity contribution in [2.75, 3.05) is 5.32 Å². The second kappa shape index (κ2) is 9.67. The number of anilines is 1. The topological polar surface area (TPSA) is 76.0 Å². The quantitative estimate of drug-likeness (QED) is 0.581. The minimum atomic E-state index is -4.55. The molecule has 1 heterocycles. The highest BCUT2D eigenvalue weighted by Crippen LogP contribution is 2.28. The van der Waals surface area contributed by atoms with Crippen LogP contribution in [0, 0.1) is 13.8 Å². The van der Waals surface area contributed by atoms with E-state index in [-0.39, 0.29) is 6.42 Å². The molecule has 9 heteroatoms. The molecule has 168 valence electrons. The molecular weight excluding hydrogens is 421 g/mol. The van der Waals surface area contributed by atoms with E-state index in [0.717, 1.165) is 27.6 Å². The Bertz CT molecular complexity index is 1090. The van der Waals surface area contributed by atoms with Gasteiger partial charge in [0, 0.05) is 18.3 Å². The molecule has 2 N–H and O–H groups in total. The van der Waals surface area contributed by atoms with Crippen molar-refractivity contribution < 1.29 is 22.8 Å². The Kier molecular flexibility index (Phi) is 6.97. The number of amides is 2. The number of rotatable bonds is 7. The second-order valence-electron chi connectivity index (χ2n) is 7.54. The Hall–Kier alpha value is -3.62. The van der Waals surface area contributed by atoms with Gasteiger partial charge >= 0.3 is 6.18 Å². The summed E-state index contributed by atoms with van der Waals surface area (Å²) in [7, 11) is 0. The molecular formula is C23H23F3N4O2. The zero-order valence-corrected chi connectivity index (χ0v) is 17.6. The standard InChI is InChI=1S/C23H23F3N4O2/c1-15-8-9-19(16(2)10-15)29-22(32)20(11-17-6-4-3-5-7-17)28-21(31)14-30-13-18(12-27-30)23(24,25)26/h3-10,12-13,20H,11,14H2,1-2H3,(H,28,31)(H,29,32). The van der Waals surface area contributed by atoms with E-state index >= 15 is 0 Å². The van der Waals surface area contributed by atoms with Crippen LogP contribution in [-0.2, 0) is 28.7 Å². The number of nitrogens with zero attached hydrogens (tertiary/aromatic N) is 2. The van der Waals surface area contributed by atoms with Crippen LogP contribution in [0.5, 0.6) is 0 Å². The molecule has 0 fully saturated rings. The number of nitrogens with one attached hydrogen (secondary N) is 2. The lowest BCUT2D eigenvalue weighted by Gasteiger charge is -2.19. The van der Waals surface area contributed by atoms with Crippen molar-refractivity contribution in [3.05, 3.63) is 83.2 Å². The maximum absolute atomic E-state index is 13.0. The van der Waals surface area contributed by atoms with E-state index in [4.69, 9.17) is 0 Å². The van der Waals surface area contributed by atoms with Gasteiger partial charge in [-0.25, -0.2) is 0 Å². The van der Waals surface area contributed by atoms with Gasteiger partial charge in [0.2, 0.25) is 11.8 Å². The summed E-state index contributed by atoms with van der Waals surface area (Å²) in [5.41, 5.74) is 2.42. The fourth-order valence-electron chi connectivity index (χ4n) is 3.22. The van der Waals surface area contributed by atoms with Crippen LogP contribution in [0.1, 0.15) is 22.3 Å². The number of aryl methyl sites for hydroxylation is 2. The lowest BCUT2D eigenvalue weighted by Crippen LogP contribution is -2.46. The first kappa shape index (κ1) is 23.1. The van der Waals surface area contributed by atoms with E-state index in [1.807, 2.05) is 56.3 Å². The van der Waals surface area contributed by atoms with Crippen molar-refractivity contribution in [1.29, 1.82) is 0 Å². The Morgan fingerprint density at radius 3 is 2.44 bits per heavy atom. The van der Waals surface area contributed by atoms with Crippen molar-refractivity contribution in [3.63, 3.8) is 0 Å². The third-order valence-corrected chi connectivity index (χ3v) is 4.84. The van der Waals surface area contributed by atoms with Crippen molar-refractivity contribution in [1.82, 2.24) is 15.1 Å². The molecule has 3 aromatic rings. The number of carbonyl (C=O) groups is 2. The van der Waals surface area contributed by atoms with Gasteiger partial charge in [-0.3, -0.25) is 14.3 Å². The molecule has 2 aromatic carbocycles. The zero-order valence-electron chi connectivity index (χ0n) is 17.6. The Labute approximate surface area is 183 Å². The molecule has 2 amide bonds. The molecule has 6 nitrogen and oxygen atoms in total. The van der Waals surface area contributed by atoms with Crippen LogP contribution in [0.25, 0.3) is 0 Å². The Balaban J connectivity index is 1.73. The van der Waals surface area contributed by atoms with E-state index in [1.54, 1.807) is 6.07 Å². The summed E-state index contributed by atoms with van der Waals surface area (Å²) in [4.78, 5) is 25.5. The molecule has 0 bridgehead atoms. The average Bonchev–Trinajstić information content (AvgIpc) is 3.19. The lowest BCUT2D eigenvalue weighted by atomic mass is 10.0. The van der Waals surface area contributed by atoms with Crippen molar-refractivity contribution >= 4 is 17.5 Å². The molecule has 0 spiro atoms. The molecule has 3 rings (SSSR count). The number of carbonyl (C=O) groups excluding carboxylic acids is 2. The molecule has 1 aromatic heterocycles. The van der Waals surface area contributed by atoms with Crippen LogP contribution < -0.4 is 10.6 Å². The molecule has 0 saturated heterocycles. The minimum Gasteiger partial charge on any atom is -0.342 e. The largest absolute Gasteiger partial charge is 0.419 e. The molecule has 1 unspecified atom stereocenters.